The molecule has 6 aromatic rings. The van der Waals surface area contributed by atoms with Crippen LogP contribution in [-0.4, -0.2) is 81.0 Å². The number of H-pyrrole nitrogens is 2. The van der Waals surface area contributed by atoms with Crippen LogP contribution in [0.2, 0.25) is 0 Å². The van der Waals surface area contributed by atoms with Crippen molar-refractivity contribution in [1.29, 1.82) is 0 Å². The fourth-order valence-corrected chi connectivity index (χ4v) is 8.13. The van der Waals surface area contributed by atoms with Crippen molar-refractivity contribution in [1.82, 2.24) is 40.4 Å². The summed E-state index contributed by atoms with van der Waals surface area (Å²) in [5, 5.41) is 5.40. The highest BCUT2D eigenvalue weighted by Gasteiger charge is 2.38. The molecular weight excluding hydrogens is 785 g/mol. The molecule has 4 N–H and O–H groups in total. The number of hydrogen-bond donors (Lipinski definition) is 4. The number of ether oxygens (including phenoxy) is 2. The average Bonchev–Trinajstić information content (AvgIpc) is 4.17. The zero-order chi connectivity index (χ0) is 43.0. The molecule has 4 amide bonds. The van der Waals surface area contributed by atoms with Crippen molar-refractivity contribution in [2.24, 2.45) is 0 Å². The topological polar surface area (TPSA) is 175 Å². The van der Waals surface area contributed by atoms with E-state index in [-0.39, 0.29) is 23.9 Å². The fourth-order valence-electron chi connectivity index (χ4n) is 8.13. The molecule has 4 atom stereocenters. The molecule has 2 aliphatic heterocycles. The van der Waals surface area contributed by atoms with E-state index in [1.54, 1.807) is 34.3 Å². The molecule has 4 aromatic carbocycles. The van der Waals surface area contributed by atoms with E-state index in [1.165, 1.54) is 14.2 Å². The van der Waals surface area contributed by atoms with Crippen LogP contribution in [0.1, 0.15) is 83.9 Å². The Balaban J connectivity index is 0.902. The number of carbonyl (C=O) groups excluding carboxylic acids is 4. The van der Waals surface area contributed by atoms with Gasteiger partial charge >= 0.3 is 12.2 Å². The number of methoxy groups -OCH3 is 2. The van der Waals surface area contributed by atoms with Gasteiger partial charge in [0.1, 0.15) is 29.4 Å². The SMILES string of the molecule is COC(=O)N[C@@H](C(=O)N1CCC[C@H]1c1ncc(C#Cc2ccc(-c3ccc(-c4cnc([C@@H]5CCCN5C(=O)[C@H](NC(=O)OC)c5ccccc5)[nH]4)cc3)cc2)[nH]1)c1ccccc1. The van der Waals surface area contributed by atoms with E-state index >= 15 is 0 Å². The molecule has 2 aromatic heterocycles. The predicted molar refractivity (Wildman–Crippen MR) is 231 cm³/mol. The summed E-state index contributed by atoms with van der Waals surface area (Å²) in [4.78, 5) is 71.7. The highest BCUT2D eigenvalue weighted by Crippen LogP contribution is 2.35. The highest BCUT2D eigenvalue weighted by molar-refractivity contribution is 5.88. The fraction of sp³-hybridized carbons (Fsp3) is 0.250. The van der Waals surface area contributed by atoms with Gasteiger partial charge in [-0.15, -0.1) is 0 Å². The Bertz CT molecular complexity index is 2580. The van der Waals surface area contributed by atoms with Gasteiger partial charge in [0, 0.05) is 18.7 Å². The quantitative estimate of drug-likeness (QED) is 0.103. The minimum atomic E-state index is -0.892. The first-order valence-corrected chi connectivity index (χ1v) is 20.5. The molecule has 62 heavy (non-hydrogen) atoms. The smallest absolute Gasteiger partial charge is 0.407 e. The largest absolute Gasteiger partial charge is 0.453 e. The molecule has 0 unspecified atom stereocenters. The monoisotopic (exact) mass is 830 g/mol. The third-order valence-corrected chi connectivity index (χ3v) is 11.3. The number of aromatic nitrogens is 4. The molecule has 0 radical (unpaired) electrons. The summed E-state index contributed by atoms with van der Waals surface area (Å²) in [5.74, 6) is 7.28. The summed E-state index contributed by atoms with van der Waals surface area (Å²) in [5.41, 5.74) is 6.67. The van der Waals surface area contributed by atoms with E-state index in [2.05, 4.69) is 49.6 Å². The number of alkyl carbamates (subject to hydrolysis) is 2. The maximum atomic E-state index is 13.9. The maximum absolute atomic E-state index is 13.9. The minimum Gasteiger partial charge on any atom is -0.453 e. The molecule has 4 heterocycles. The summed E-state index contributed by atoms with van der Waals surface area (Å²) < 4.78 is 9.63. The first kappa shape index (κ1) is 41.1. The molecule has 2 saturated heterocycles. The zero-order valence-electron chi connectivity index (χ0n) is 34.3. The van der Waals surface area contributed by atoms with Crippen LogP contribution in [0.4, 0.5) is 9.59 Å². The van der Waals surface area contributed by atoms with E-state index in [0.29, 0.717) is 41.6 Å². The number of nitrogens with one attached hydrogen (secondary N) is 4. The van der Waals surface area contributed by atoms with Crippen molar-refractivity contribution in [3.63, 3.8) is 0 Å². The van der Waals surface area contributed by atoms with E-state index in [1.807, 2.05) is 84.9 Å². The van der Waals surface area contributed by atoms with E-state index < -0.39 is 24.3 Å². The number of benzene rings is 4. The summed E-state index contributed by atoms with van der Waals surface area (Å²) in [6.07, 6.45) is 5.21. The Morgan fingerprint density at radius 2 is 1.08 bits per heavy atom. The Hall–Kier alpha value is -7.66. The van der Waals surface area contributed by atoms with Crippen LogP contribution in [0.3, 0.4) is 0 Å². The number of imidazole rings is 2. The lowest BCUT2D eigenvalue weighted by molar-refractivity contribution is -0.135. The van der Waals surface area contributed by atoms with Gasteiger partial charge in [-0.3, -0.25) is 9.59 Å². The van der Waals surface area contributed by atoms with Gasteiger partial charge in [0.2, 0.25) is 0 Å². The van der Waals surface area contributed by atoms with Gasteiger partial charge in [-0.2, -0.15) is 0 Å². The van der Waals surface area contributed by atoms with E-state index in [0.717, 1.165) is 53.6 Å². The number of nitrogens with zero attached hydrogens (tertiary/aromatic N) is 4. The van der Waals surface area contributed by atoms with Crippen LogP contribution < -0.4 is 10.6 Å². The van der Waals surface area contributed by atoms with Crippen LogP contribution in [0.25, 0.3) is 22.4 Å². The molecule has 2 aliphatic rings. The minimum absolute atomic E-state index is 0.217. The van der Waals surface area contributed by atoms with Crippen molar-refractivity contribution in [3.05, 3.63) is 156 Å². The lowest BCUT2D eigenvalue weighted by Gasteiger charge is -2.28. The molecule has 14 heteroatoms. The Morgan fingerprint density at radius 1 is 0.613 bits per heavy atom. The standard InChI is InChI=1S/C48H46N8O6/c1-61-47(59)53-41(35-11-5-3-6-12-35)45(57)55-27-9-15-39(55)43-49-29-37(51-43)26-19-31-17-20-32(21-18-31)33-22-24-34(25-23-33)38-30-50-44(52-38)40-16-10-28-56(40)46(58)42(54-48(60)62-2)36-13-7-4-8-14-36/h3-8,11-14,17-18,20-25,29-30,39-42H,9-10,15-16,27-28H2,1-2H3,(H,49,51)(H,50,52)(H,53,59)(H,54,60)/t39-,40-,41+,42+/m0/s1. The number of amides is 4. The summed E-state index contributed by atoms with van der Waals surface area (Å²) in [7, 11) is 2.55. The Labute approximate surface area is 359 Å². The van der Waals surface area contributed by atoms with Crippen LogP contribution in [0.15, 0.2) is 122 Å². The van der Waals surface area contributed by atoms with Gasteiger partial charge in [-0.05, 0) is 71.6 Å². The number of carbonyl (C=O) groups is 4. The first-order valence-electron chi connectivity index (χ1n) is 20.5. The number of aromatic amines is 2. The number of hydrogen-bond acceptors (Lipinski definition) is 8. The van der Waals surface area contributed by atoms with Crippen molar-refractivity contribution in [3.8, 4) is 34.2 Å². The van der Waals surface area contributed by atoms with Gasteiger partial charge in [0.05, 0.1) is 44.4 Å². The van der Waals surface area contributed by atoms with E-state index in [4.69, 9.17) is 14.5 Å². The highest BCUT2D eigenvalue weighted by atomic mass is 16.5. The van der Waals surface area contributed by atoms with E-state index in [9.17, 15) is 19.2 Å². The van der Waals surface area contributed by atoms with Crippen molar-refractivity contribution >= 4 is 24.0 Å². The molecule has 0 saturated carbocycles. The van der Waals surface area contributed by atoms with Gasteiger partial charge in [0.25, 0.3) is 11.8 Å². The third-order valence-electron chi connectivity index (χ3n) is 11.3. The molecular formula is C48H46N8O6. The molecule has 0 spiro atoms. The van der Waals surface area contributed by atoms with Crippen LogP contribution in [-0.2, 0) is 19.1 Å². The second-order valence-electron chi connectivity index (χ2n) is 15.1. The third kappa shape index (κ3) is 9.07. The van der Waals surface area contributed by atoms with Crippen molar-refractivity contribution < 1.29 is 28.7 Å². The molecule has 0 aliphatic carbocycles. The second kappa shape index (κ2) is 18.7. The summed E-state index contributed by atoms with van der Waals surface area (Å²) >= 11 is 0. The van der Waals surface area contributed by atoms with Crippen LogP contribution in [0.5, 0.6) is 0 Å². The molecule has 314 valence electrons. The zero-order valence-corrected chi connectivity index (χ0v) is 34.3. The van der Waals surface area contributed by atoms with Crippen LogP contribution in [0, 0.1) is 11.8 Å². The van der Waals surface area contributed by atoms with Gasteiger partial charge in [-0.25, -0.2) is 19.6 Å². The maximum Gasteiger partial charge on any atom is 0.407 e. The summed E-state index contributed by atoms with van der Waals surface area (Å²) in [6, 6.07) is 32.2. The molecule has 8 rings (SSSR count). The Morgan fingerprint density at radius 3 is 1.60 bits per heavy atom. The van der Waals surface area contributed by atoms with Crippen molar-refractivity contribution in [2.45, 2.75) is 49.9 Å². The first-order chi connectivity index (χ1) is 30.3. The van der Waals surface area contributed by atoms with Crippen LogP contribution >= 0.6 is 0 Å². The van der Waals surface area contributed by atoms with Gasteiger partial charge < -0.3 is 39.9 Å². The molecule has 2 fully saturated rings. The molecule has 0 bridgehead atoms. The number of likely N-dealkylation sites (tertiary alicyclic amines) is 2. The summed E-state index contributed by atoms with van der Waals surface area (Å²) in [6.45, 7) is 1.09. The lowest BCUT2D eigenvalue weighted by Crippen LogP contribution is -2.42. The molecule has 14 nitrogen and oxygen atoms in total. The normalized spacial score (nSPS) is 16.7. The number of rotatable bonds is 10. The van der Waals surface area contributed by atoms with Gasteiger partial charge in [-0.1, -0.05) is 103 Å². The lowest BCUT2D eigenvalue weighted by atomic mass is 10.0. The predicted octanol–water partition coefficient (Wildman–Crippen LogP) is 7.39. The second-order valence-corrected chi connectivity index (χ2v) is 15.1. The average molecular weight is 831 g/mol. The van der Waals surface area contributed by atoms with Gasteiger partial charge in [0.15, 0.2) is 0 Å². The Kier molecular flexibility index (Phi) is 12.4. The van der Waals surface area contributed by atoms with Crippen molar-refractivity contribution in [2.75, 3.05) is 27.3 Å².